The van der Waals surface area contributed by atoms with Gasteiger partial charge < -0.3 is 29.7 Å². The van der Waals surface area contributed by atoms with Crippen molar-refractivity contribution in [2.24, 2.45) is 0 Å². The number of carboxylic acid groups (broad SMARTS) is 1. The third-order valence-electron chi connectivity index (χ3n) is 5.68. The summed E-state index contributed by atoms with van der Waals surface area (Å²) >= 11 is 0. The number of hydrogen-bond acceptors (Lipinski definition) is 7. The van der Waals surface area contributed by atoms with Crippen molar-refractivity contribution >= 4 is 24.2 Å². The molecule has 3 heterocycles. The standard InChI is InChI=1S/C20H25N3O5.ClH/c1-26-14-6-4-13(5-7-14)17-16(19(24)25)18(23-28-17)22-15-3-2-12-27-20(15)8-10-21-11-9-20;/h4-7,15,21H,2-3,8-12H2,1H3,(H,22,23)(H,24,25);1H. The smallest absolute Gasteiger partial charge is 0.343 e. The molecule has 0 saturated carbocycles. The fourth-order valence-corrected chi connectivity index (χ4v) is 4.16. The van der Waals surface area contributed by atoms with Gasteiger partial charge in [0.1, 0.15) is 5.75 Å². The van der Waals surface area contributed by atoms with Gasteiger partial charge in [-0.05, 0) is 63.0 Å². The summed E-state index contributed by atoms with van der Waals surface area (Å²) in [7, 11) is 1.58. The highest BCUT2D eigenvalue weighted by Crippen LogP contribution is 2.37. The van der Waals surface area contributed by atoms with E-state index in [1.165, 1.54) is 0 Å². The van der Waals surface area contributed by atoms with Crippen molar-refractivity contribution < 1.29 is 23.9 Å². The molecule has 1 atom stereocenters. The third-order valence-corrected chi connectivity index (χ3v) is 5.68. The zero-order chi connectivity index (χ0) is 19.6. The summed E-state index contributed by atoms with van der Waals surface area (Å²) in [6.45, 7) is 2.51. The van der Waals surface area contributed by atoms with Gasteiger partial charge in [-0.15, -0.1) is 12.4 Å². The number of ether oxygens (including phenoxy) is 2. The lowest BCUT2D eigenvalue weighted by Gasteiger charge is -2.46. The van der Waals surface area contributed by atoms with Gasteiger partial charge in [-0.25, -0.2) is 4.79 Å². The maximum absolute atomic E-state index is 12.0. The van der Waals surface area contributed by atoms with Crippen LogP contribution in [0.1, 0.15) is 36.0 Å². The van der Waals surface area contributed by atoms with Crippen LogP contribution in [-0.4, -0.2) is 54.7 Å². The molecule has 2 fully saturated rings. The number of rotatable bonds is 5. The molecule has 8 nitrogen and oxygen atoms in total. The summed E-state index contributed by atoms with van der Waals surface area (Å²) in [5.74, 6) is 0.0943. The Hall–Kier alpha value is -2.29. The lowest BCUT2D eigenvalue weighted by atomic mass is 9.80. The van der Waals surface area contributed by atoms with Gasteiger partial charge in [0.2, 0.25) is 0 Å². The molecule has 29 heavy (non-hydrogen) atoms. The van der Waals surface area contributed by atoms with E-state index < -0.39 is 5.97 Å². The second kappa shape index (κ2) is 9.02. The molecule has 158 valence electrons. The number of carboxylic acids is 1. The molecule has 2 saturated heterocycles. The average molecular weight is 424 g/mol. The molecule has 1 unspecified atom stereocenters. The minimum absolute atomic E-state index is 0. The van der Waals surface area contributed by atoms with E-state index in [-0.39, 0.29) is 41.2 Å². The number of piperidine rings is 1. The van der Waals surface area contributed by atoms with Gasteiger partial charge in [-0.3, -0.25) is 0 Å². The Morgan fingerprint density at radius 2 is 2.03 bits per heavy atom. The van der Waals surface area contributed by atoms with Crippen LogP contribution in [0.2, 0.25) is 0 Å². The molecule has 0 aliphatic carbocycles. The fourth-order valence-electron chi connectivity index (χ4n) is 4.16. The van der Waals surface area contributed by atoms with Gasteiger partial charge in [0.15, 0.2) is 17.1 Å². The van der Waals surface area contributed by atoms with Crippen LogP contribution in [0.5, 0.6) is 5.75 Å². The van der Waals surface area contributed by atoms with E-state index in [1.54, 1.807) is 31.4 Å². The van der Waals surface area contributed by atoms with Crippen LogP contribution in [0.4, 0.5) is 5.82 Å². The molecular formula is C20H26ClN3O5. The van der Waals surface area contributed by atoms with Gasteiger partial charge in [0, 0.05) is 12.2 Å². The first-order valence-corrected chi connectivity index (χ1v) is 9.61. The Labute approximate surface area is 175 Å². The fraction of sp³-hybridized carbons (Fsp3) is 0.500. The normalized spacial score (nSPS) is 20.7. The molecule has 0 bridgehead atoms. The first-order chi connectivity index (χ1) is 13.6. The number of aromatic nitrogens is 1. The lowest BCUT2D eigenvalue weighted by molar-refractivity contribution is -0.103. The van der Waals surface area contributed by atoms with Crippen molar-refractivity contribution in [3.63, 3.8) is 0 Å². The Kier molecular flexibility index (Phi) is 6.66. The van der Waals surface area contributed by atoms with E-state index >= 15 is 0 Å². The molecule has 0 radical (unpaired) electrons. The van der Waals surface area contributed by atoms with E-state index in [9.17, 15) is 9.90 Å². The summed E-state index contributed by atoms with van der Waals surface area (Å²) in [6.07, 6.45) is 3.61. The highest BCUT2D eigenvalue weighted by molar-refractivity contribution is 5.99. The van der Waals surface area contributed by atoms with Crippen LogP contribution in [0.3, 0.4) is 0 Å². The maximum Gasteiger partial charge on any atom is 0.343 e. The monoisotopic (exact) mass is 423 g/mol. The molecular weight excluding hydrogens is 398 g/mol. The van der Waals surface area contributed by atoms with Crippen molar-refractivity contribution in [1.29, 1.82) is 0 Å². The predicted molar refractivity (Wildman–Crippen MR) is 110 cm³/mol. The number of carbonyl (C=O) groups is 1. The van der Waals surface area contributed by atoms with Crippen molar-refractivity contribution in [1.82, 2.24) is 10.5 Å². The van der Waals surface area contributed by atoms with Gasteiger partial charge in [-0.2, -0.15) is 0 Å². The van der Waals surface area contributed by atoms with Gasteiger partial charge in [0.25, 0.3) is 0 Å². The first kappa shape index (κ1) is 21.4. The minimum atomic E-state index is -1.08. The van der Waals surface area contributed by atoms with Gasteiger partial charge in [-0.1, -0.05) is 5.16 Å². The Balaban J connectivity index is 0.00000240. The highest BCUT2D eigenvalue weighted by atomic mass is 35.5. The number of nitrogens with one attached hydrogen (secondary N) is 2. The molecule has 2 aliphatic rings. The third kappa shape index (κ3) is 4.19. The van der Waals surface area contributed by atoms with Crippen LogP contribution >= 0.6 is 12.4 Å². The number of hydrogen-bond donors (Lipinski definition) is 3. The SMILES string of the molecule is COc1ccc(-c2onc(NC3CCCOC34CCNCC4)c2C(=O)O)cc1.Cl. The number of nitrogens with zero attached hydrogens (tertiary/aromatic N) is 1. The number of halogens is 1. The first-order valence-electron chi connectivity index (χ1n) is 9.61. The molecule has 9 heteroatoms. The minimum Gasteiger partial charge on any atom is -0.497 e. The second-order valence-corrected chi connectivity index (χ2v) is 7.27. The van der Waals surface area contributed by atoms with E-state index in [1.807, 2.05) is 0 Å². The molecule has 1 aromatic heterocycles. The zero-order valence-corrected chi connectivity index (χ0v) is 17.1. The van der Waals surface area contributed by atoms with Crippen molar-refractivity contribution in [3.8, 4) is 17.1 Å². The van der Waals surface area contributed by atoms with Crippen LogP contribution in [-0.2, 0) is 4.74 Å². The van der Waals surface area contributed by atoms with E-state index in [2.05, 4.69) is 15.8 Å². The number of benzene rings is 1. The van der Waals surface area contributed by atoms with Crippen LogP contribution in [0, 0.1) is 0 Å². The molecule has 4 rings (SSSR count). The quantitative estimate of drug-likeness (QED) is 0.673. The number of aromatic carboxylic acids is 1. The zero-order valence-electron chi connectivity index (χ0n) is 16.3. The lowest BCUT2D eigenvalue weighted by Crippen LogP contribution is -2.57. The second-order valence-electron chi connectivity index (χ2n) is 7.27. The molecule has 0 amide bonds. The molecule has 3 N–H and O–H groups in total. The van der Waals surface area contributed by atoms with Crippen LogP contribution in [0.15, 0.2) is 28.8 Å². The van der Waals surface area contributed by atoms with Gasteiger partial charge in [0.05, 0.1) is 18.8 Å². The van der Waals surface area contributed by atoms with Crippen molar-refractivity contribution in [3.05, 3.63) is 29.8 Å². The summed E-state index contributed by atoms with van der Waals surface area (Å²) < 4.78 is 16.8. The summed E-state index contributed by atoms with van der Waals surface area (Å²) in [6, 6.07) is 7.03. The predicted octanol–water partition coefficient (Wildman–Crippen LogP) is 3.18. The van der Waals surface area contributed by atoms with Crippen LogP contribution in [0.25, 0.3) is 11.3 Å². The summed E-state index contributed by atoms with van der Waals surface area (Å²) in [5, 5.41) is 20.6. The number of methoxy groups -OCH3 is 1. The van der Waals surface area contributed by atoms with E-state index in [0.29, 0.717) is 11.3 Å². The summed E-state index contributed by atoms with van der Waals surface area (Å²) in [4.78, 5) is 12.0. The largest absolute Gasteiger partial charge is 0.497 e. The molecule has 2 aromatic rings. The average Bonchev–Trinajstić information content (AvgIpc) is 3.14. The maximum atomic E-state index is 12.0. The topological polar surface area (TPSA) is 106 Å². The Bertz CT molecular complexity index is 825. The van der Waals surface area contributed by atoms with E-state index in [0.717, 1.165) is 45.4 Å². The summed E-state index contributed by atoms with van der Waals surface area (Å²) in [5.41, 5.74) is 0.383. The number of anilines is 1. The van der Waals surface area contributed by atoms with Crippen molar-refractivity contribution in [2.75, 3.05) is 32.1 Å². The van der Waals surface area contributed by atoms with Crippen molar-refractivity contribution in [2.45, 2.75) is 37.3 Å². The Morgan fingerprint density at radius 1 is 1.31 bits per heavy atom. The molecule has 1 aromatic carbocycles. The van der Waals surface area contributed by atoms with Crippen LogP contribution < -0.4 is 15.4 Å². The van der Waals surface area contributed by atoms with Gasteiger partial charge >= 0.3 is 5.97 Å². The highest BCUT2D eigenvalue weighted by Gasteiger charge is 2.44. The Morgan fingerprint density at radius 3 is 2.69 bits per heavy atom. The van der Waals surface area contributed by atoms with E-state index in [4.69, 9.17) is 14.0 Å². The molecule has 1 spiro atoms. The molecule has 2 aliphatic heterocycles.